The van der Waals surface area contributed by atoms with Gasteiger partial charge in [-0.3, -0.25) is 0 Å². The first-order chi connectivity index (χ1) is 33.2. The SMILES string of the molecule is CC1(C)CC(C)(c2ccc(-c3ccc(N)cc3)c(-c3ccc(-c4ccccc4)cc3)c2)c2cc(-c3ccc(N(c4ccc(-c5ccccc5)cc4)c4ccc(-c5ccccc5)cc4)cc3)ccc21. The first kappa shape index (κ1) is 42.4. The molecule has 2 heteroatoms. The van der Waals surface area contributed by atoms with Gasteiger partial charge in [-0.05, 0) is 156 Å². The van der Waals surface area contributed by atoms with E-state index in [1.807, 2.05) is 12.1 Å². The molecule has 2 N–H and O–H groups in total. The van der Waals surface area contributed by atoms with Gasteiger partial charge < -0.3 is 10.6 Å². The molecule has 1 unspecified atom stereocenters. The van der Waals surface area contributed by atoms with Crippen molar-refractivity contribution in [2.75, 3.05) is 10.6 Å². The van der Waals surface area contributed by atoms with E-state index in [1.54, 1.807) is 0 Å². The average molecular weight is 875 g/mol. The Hall–Kier alpha value is -8.20. The molecule has 0 spiro atoms. The van der Waals surface area contributed by atoms with Crippen molar-refractivity contribution in [3.63, 3.8) is 0 Å². The van der Waals surface area contributed by atoms with Gasteiger partial charge in [0.15, 0.2) is 0 Å². The summed E-state index contributed by atoms with van der Waals surface area (Å²) in [5.74, 6) is 0. The molecule has 0 bridgehead atoms. The van der Waals surface area contributed by atoms with Crippen molar-refractivity contribution in [1.29, 1.82) is 0 Å². The van der Waals surface area contributed by atoms with E-state index in [0.717, 1.165) is 34.7 Å². The first-order valence-electron chi connectivity index (χ1n) is 23.7. The highest BCUT2D eigenvalue weighted by Gasteiger charge is 2.46. The molecule has 328 valence electrons. The predicted molar refractivity (Wildman–Crippen MR) is 289 cm³/mol. The van der Waals surface area contributed by atoms with Gasteiger partial charge in [-0.2, -0.15) is 0 Å². The van der Waals surface area contributed by atoms with Crippen LogP contribution in [0, 0.1) is 0 Å². The monoisotopic (exact) mass is 874 g/mol. The molecule has 1 atom stereocenters. The molecule has 0 heterocycles. The van der Waals surface area contributed by atoms with Gasteiger partial charge in [0.1, 0.15) is 0 Å². The molecular weight excluding hydrogens is 821 g/mol. The van der Waals surface area contributed by atoms with Crippen LogP contribution in [0.4, 0.5) is 22.7 Å². The van der Waals surface area contributed by atoms with Gasteiger partial charge in [-0.25, -0.2) is 0 Å². The fraction of sp³-hybridized carbons (Fsp3) is 0.0909. The van der Waals surface area contributed by atoms with Crippen molar-refractivity contribution < 1.29 is 0 Å². The van der Waals surface area contributed by atoms with E-state index < -0.39 is 0 Å². The summed E-state index contributed by atoms with van der Waals surface area (Å²) in [6.45, 7) is 7.27. The van der Waals surface area contributed by atoms with Gasteiger partial charge in [0.25, 0.3) is 0 Å². The second-order valence-corrected chi connectivity index (χ2v) is 19.2. The van der Waals surface area contributed by atoms with Crippen molar-refractivity contribution in [2.24, 2.45) is 0 Å². The van der Waals surface area contributed by atoms with Crippen molar-refractivity contribution >= 4 is 22.7 Å². The van der Waals surface area contributed by atoms with E-state index in [0.29, 0.717) is 0 Å². The van der Waals surface area contributed by atoms with Gasteiger partial charge >= 0.3 is 0 Å². The molecule has 10 aromatic rings. The molecular formula is C66H54N2. The van der Waals surface area contributed by atoms with Crippen LogP contribution in [-0.4, -0.2) is 0 Å². The van der Waals surface area contributed by atoms with Gasteiger partial charge in [0.2, 0.25) is 0 Å². The van der Waals surface area contributed by atoms with Gasteiger partial charge in [-0.1, -0.05) is 209 Å². The number of anilines is 4. The molecule has 11 rings (SSSR count). The van der Waals surface area contributed by atoms with E-state index in [1.165, 1.54) is 77.9 Å². The van der Waals surface area contributed by atoms with Crippen LogP contribution in [0.1, 0.15) is 43.9 Å². The Labute approximate surface area is 401 Å². The summed E-state index contributed by atoms with van der Waals surface area (Å²) in [6, 6.07) is 90.4. The van der Waals surface area contributed by atoms with Crippen molar-refractivity contribution in [3.8, 4) is 66.8 Å². The number of hydrogen-bond donors (Lipinski definition) is 1. The van der Waals surface area contributed by atoms with Crippen LogP contribution < -0.4 is 10.6 Å². The molecule has 0 fully saturated rings. The lowest BCUT2D eigenvalue weighted by Crippen LogP contribution is -2.23. The highest BCUT2D eigenvalue weighted by Crippen LogP contribution is 2.54. The van der Waals surface area contributed by atoms with E-state index in [2.05, 4.69) is 262 Å². The minimum atomic E-state index is -0.220. The normalized spacial score (nSPS) is 14.9. The summed E-state index contributed by atoms with van der Waals surface area (Å²) in [5.41, 5.74) is 28.6. The number of rotatable bonds is 10. The smallest absolute Gasteiger partial charge is 0.0462 e. The minimum Gasteiger partial charge on any atom is -0.399 e. The lowest BCUT2D eigenvalue weighted by atomic mass is 9.73. The van der Waals surface area contributed by atoms with Crippen LogP contribution in [0.2, 0.25) is 0 Å². The summed E-state index contributed by atoms with van der Waals surface area (Å²) in [7, 11) is 0. The fourth-order valence-corrected chi connectivity index (χ4v) is 10.7. The van der Waals surface area contributed by atoms with Crippen molar-refractivity contribution in [3.05, 3.63) is 265 Å². The summed E-state index contributed by atoms with van der Waals surface area (Å²) < 4.78 is 0. The van der Waals surface area contributed by atoms with Crippen LogP contribution in [0.3, 0.4) is 0 Å². The molecule has 0 saturated carbocycles. The van der Waals surface area contributed by atoms with E-state index in [-0.39, 0.29) is 10.8 Å². The summed E-state index contributed by atoms with van der Waals surface area (Å²) in [5, 5.41) is 0. The van der Waals surface area contributed by atoms with Gasteiger partial charge in [0, 0.05) is 28.2 Å². The predicted octanol–water partition coefficient (Wildman–Crippen LogP) is 17.7. The maximum atomic E-state index is 6.18. The third-order valence-corrected chi connectivity index (χ3v) is 14.2. The van der Waals surface area contributed by atoms with Crippen LogP contribution in [0.25, 0.3) is 66.8 Å². The van der Waals surface area contributed by atoms with Gasteiger partial charge in [-0.15, -0.1) is 0 Å². The maximum Gasteiger partial charge on any atom is 0.0462 e. The summed E-state index contributed by atoms with van der Waals surface area (Å²) >= 11 is 0. The highest BCUT2D eigenvalue weighted by atomic mass is 15.1. The number of nitrogens with zero attached hydrogens (tertiary/aromatic N) is 1. The molecule has 1 aliphatic rings. The second-order valence-electron chi connectivity index (χ2n) is 19.2. The summed E-state index contributed by atoms with van der Waals surface area (Å²) in [4.78, 5) is 2.36. The number of nitrogen functional groups attached to an aromatic ring is 1. The number of hydrogen-bond acceptors (Lipinski definition) is 2. The average Bonchev–Trinajstić information content (AvgIpc) is 3.62. The van der Waals surface area contributed by atoms with Crippen LogP contribution in [0.5, 0.6) is 0 Å². The lowest BCUT2D eigenvalue weighted by Gasteiger charge is -2.30. The Kier molecular flexibility index (Phi) is 11.0. The molecule has 10 aromatic carbocycles. The third kappa shape index (κ3) is 8.09. The molecule has 2 nitrogen and oxygen atoms in total. The van der Waals surface area contributed by atoms with Gasteiger partial charge in [0.05, 0.1) is 0 Å². The van der Waals surface area contributed by atoms with Crippen LogP contribution in [0.15, 0.2) is 249 Å². The topological polar surface area (TPSA) is 29.3 Å². The zero-order valence-electron chi connectivity index (χ0n) is 38.9. The maximum absolute atomic E-state index is 6.18. The number of fused-ring (bicyclic) bond motifs is 1. The zero-order chi connectivity index (χ0) is 46.2. The molecule has 0 radical (unpaired) electrons. The molecule has 0 amide bonds. The molecule has 0 aromatic heterocycles. The zero-order valence-corrected chi connectivity index (χ0v) is 38.9. The third-order valence-electron chi connectivity index (χ3n) is 14.2. The quantitative estimate of drug-likeness (QED) is 0.139. The Balaban J connectivity index is 0.957. The summed E-state index contributed by atoms with van der Waals surface area (Å²) in [6.07, 6.45) is 1.01. The number of nitrogens with two attached hydrogens (primary N) is 1. The largest absolute Gasteiger partial charge is 0.399 e. The Morgan fingerprint density at radius 2 is 0.691 bits per heavy atom. The minimum absolute atomic E-state index is 0.00772. The highest BCUT2D eigenvalue weighted by molar-refractivity contribution is 5.86. The lowest BCUT2D eigenvalue weighted by molar-refractivity contribution is 0.425. The fourth-order valence-electron chi connectivity index (χ4n) is 10.7. The van der Waals surface area contributed by atoms with Crippen LogP contribution >= 0.6 is 0 Å². The Morgan fingerprint density at radius 1 is 0.324 bits per heavy atom. The molecule has 0 saturated heterocycles. The van der Waals surface area contributed by atoms with Crippen molar-refractivity contribution in [1.82, 2.24) is 0 Å². The molecule has 1 aliphatic carbocycles. The molecule has 68 heavy (non-hydrogen) atoms. The Morgan fingerprint density at radius 3 is 1.16 bits per heavy atom. The van der Waals surface area contributed by atoms with Crippen LogP contribution in [-0.2, 0) is 10.8 Å². The first-order valence-corrected chi connectivity index (χ1v) is 23.7. The number of benzene rings is 10. The Bertz CT molecular complexity index is 3260. The van der Waals surface area contributed by atoms with Crippen molar-refractivity contribution in [2.45, 2.75) is 38.0 Å². The van der Waals surface area contributed by atoms with E-state index >= 15 is 0 Å². The van der Waals surface area contributed by atoms with E-state index in [9.17, 15) is 0 Å². The van der Waals surface area contributed by atoms with E-state index in [4.69, 9.17) is 5.73 Å². The standard InChI is InChI=1S/C66H54N2/c1-65(2)45-66(3,56-32-41-61(53-23-33-57(67)34-24-53)62(44-56)54-21-19-49(20-22-54)46-13-7-4-8-14-46)64-43-55(31-42-63(64)65)52-29-39-60(40-30-52)68(58-35-25-50(26-36-58)47-15-9-5-10-16-47)59-37-27-51(28-38-59)48-17-11-6-12-18-48/h4-44H,45,67H2,1-3H3. The second kappa shape index (κ2) is 17.5. The molecule has 0 aliphatic heterocycles.